The fourth-order valence-electron chi connectivity index (χ4n) is 1.78. The number of likely N-dealkylation sites (N-methyl/N-ethyl adjacent to an activating group) is 1. The Bertz CT molecular complexity index is 663. The monoisotopic (exact) mass is 354 g/mol. The van der Waals surface area contributed by atoms with Crippen LogP contribution in [0.25, 0.3) is 0 Å². The molecule has 0 saturated heterocycles. The molecule has 2 rings (SSSR count). The van der Waals surface area contributed by atoms with Crippen molar-refractivity contribution in [3.8, 4) is 0 Å². The summed E-state index contributed by atoms with van der Waals surface area (Å²) in [6, 6.07) is 0. The first-order valence-corrected chi connectivity index (χ1v) is 7.38. The lowest BCUT2D eigenvalue weighted by Gasteiger charge is -2.12. The molecule has 0 spiro atoms. The normalized spacial score (nSPS) is 11.1. The molecule has 0 fully saturated rings. The minimum absolute atomic E-state index is 0.137. The summed E-state index contributed by atoms with van der Waals surface area (Å²) in [7, 11) is 5.85. The van der Waals surface area contributed by atoms with Crippen LogP contribution in [0.15, 0.2) is 27.9 Å². The smallest absolute Gasteiger partial charge is 0.283 e. The molecule has 0 radical (unpaired) electrons. The maximum Gasteiger partial charge on any atom is 0.283 e. The van der Waals surface area contributed by atoms with Gasteiger partial charge in [0.05, 0.1) is 25.0 Å². The van der Waals surface area contributed by atoms with E-state index in [0.29, 0.717) is 23.2 Å². The molecule has 0 aromatic carbocycles. The number of hydrogen-bond acceptors (Lipinski definition) is 5. The van der Waals surface area contributed by atoms with E-state index in [9.17, 15) is 4.79 Å². The highest BCUT2D eigenvalue weighted by molar-refractivity contribution is 9.10. The second kappa shape index (κ2) is 6.86. The van der Waals surface area contributed by atoms with Gasteiger partial charge < -0.3 is 14.8 Å². The van der Waals surface area contributed by atoms with Gasteiger partial charge in [-0.3, -0.25) is 4.79 Å². The zero-order valence-electron chi connectivity index (χ0n) is 12.4. The predicted octanol–water partition coefficient (Wildman–Crippen LogP) is 0.913. The zero-order chi connectivity index (χ0) is 15.4. The largest absolute Gasteiger partial charge is 0.375 e. The van der Waals surface area contributed by atoms with Gasteiger partial charge in [0.1, 0.15) is 10.3 Å². The standard InChI is InChI=1S/C13H19BrN6O/c1-18(2)6-7-20-13(21)12(14)10(8-17-20)16-9-11-15-4-5-19(11)3/h4-5,8,16H,6-7,9H2,1-3H3. The molecule has 114 valence electrons. The topological polar surface area (TPSA) is 68.0 Å². The Balaban J connectivity index is 2.09. The SMILES string of the molecule is CN(C)CCn1ncc(NCc2nccn2C)c(Br)c1=O. The maximum absolute atomic E-state index is 12.2. The van der Waals surface area contributed by atoms with E-state index < -0.39 is 0 Å². The van der Waals surface area contributed by atoms with Gasteiger partial charge in [-0.15, -0.1) is 0 Å². The van der Waals surface area contributed by atoms with Crippen molar-refractivity contribution < 1.29 is 0 Å². The average Bonchev–Trinajstić information content (AvgIpc) is 2.85. The number of imidazole rings is 1. The van der Waals surface area contributed by atoms with E-state index in [1.54, 1.807) is 12.4 Å². The molecule has 21 heavy (non-hydrogen) atoms. The number of aromatic nitrogens is 4. The van der Waals surface area contributed by atoms with Crippen LogP contribution in [-0.2, 0) is 20.1 Å². The molecule has 0 aliphatic rings. The molecule has 2 aromatic heterocycles. The van der Waals surface area contributed by atoms with Crippen LogP contribution < -0.4 is 10.9 Å². The third kappa shape index (κ3) is 3.92. The molecule has 0 unspecified atom stereocenters. The van der Waals surface area contributed by atoms with E-state index in [-0.39, 0.29) is 5.56 Å². The molecule has 0 bridgehead atoms. The minimum Gasteiger partial charge on any atom is -0.375 e. The van der Waals surface area contributed by atoms with Crippen LogP contribution in [0.3, 0.4) is 0 Å². The lowest BCUT2D eigenvalue weighted by molar-refractivity contribution is 0.367. The van der Waals surface area contributed by atoms with Crippen molar-refractivity contribution >= 4 is 21.6 Å². The predicted molar refractivity (Wildman–Crippen MR) is 85.3 cm³/mol. The Hall–Kier alpha value is -1.67. The van der Waals surface area contributed by atoms with Crippen LogP contribution in [0, 0.1) is 0 Å². The van der Waals surface area contributed by atoms with E-state index in [2.05, 4.69) is 31.3 Å². The lowest BCUT2D eigenvalue weighted by atomic mass is 10.4. The quantitative estimate of drug-likeness (QED) is 0.835. The summed E-state index contributed by atoms with van der Waals surface area (Å²) < 4.78 is 3.87. The second-order valence-corrected chi connectivity index (χ2v) is 5.80. The molecule has 2 heterocycles. The molecule has 7 nitrogen and oxygen atoms in total. The minimum atomic E-state index is -0.137. The van der Waals surface area contributed by atoms with Crippen LogP contribution in [0.5, 0.6) is 0 Å². The van der Waals surface area contributed by atoms with Crippen LogP contribution in [0.4, 0.5) is 5.69 Å². The van der Waals surface area contributed by atoms with Gasteiger partial charge >= 0.3 is 0 Å². The summed E-state index contributed by atoms with van der Waals surface area (Å²) in [4.78, 5) is 18.4. The Morgan fingerprint density at radius 1 is 1.43 bits per heavy atom. The van der Waals surface area contributed by atoms with Crippen molar-refractivity contribution in [2.24, 2.45) is 7.05 Å². The van der Waals surface area contributed by atoms with Gasteiger partial charge in [-0.1, -0.05) is 0 Å². The van der Waals surface area contributed by atoms with E-state index in [0.717, 1.165) is 12.4 Å². The highest BCUT2D eigenvalue weighted by Crippen LogP contribution is 2.16. The highest BCUT2D eigenvalue weighted by Gasteiger charge is 2.09. The lowest BCUT2D eigenvalue weighted by Crippen LogP contribution is -2.29. The van der Waals surface area contributed by atoms with Crippen LogP contribution in [0.2, 0.25) is 0 Å². The van der Waals surface area contributed by atoms with Crippen LogP contribution >= 0.6 is 15.9 Å². The van der Waals surface area contributed by atoms with Crippen LogP contribution in [0.1, 0.15) is 5.82 Å². The molecule has 0 aliphatic heterocycles. The van der Waals surface area contributed by atoms with Crippen molar-refractivity contribution in [1.29, 1.82) is 0 Å². The number of anilines is 1. The number of nitrogens with zero attached hydrogens (tertiary/aromatic N) is 5. The summed E-state index contributed by atoms with van der Waals surface area (Å²) in [5.41, 5.74) is 0.533. The van der Waals surface area contributed by atoms with Gasteiger partial charge in [0, 0.05) is 26.0 Å². The number of halogens is 1. The number of nitrogens with one attached hydrogen (secondary N) is 1. The molecular formula is C13H19BrN6O. The van der Waals surface area contributed by atoms with Gasteiger partial charge in [-0.25, -0.2) is 9.67 Å². The average molecular weight is 355 g/mol. The van der Waals surface area contributed by atoms with Gasteiger partial charge in [0.15, 0.2) is 0 Å². The first-order valence-electron chi connectivity index (χ1n) is 6.59. The molecular weight excluding hydrogens is 336 g/mol. The summed E-state index contributed by atoms with van der Waals surface area (Å²) in [5.74, 6) is 0.888. The van der Waals surface area contributed by atoms with Gasteiger partial charge in [0.25, 0.3) is 5.56 Å². The van der Waals surface area contributed by atoms with Crippen molar-refractivity contribution in [3.05, 3.63) is 39.2 Å². The summed E-state index contributed by atoms with van der Waals surface area (Å²) in [6.45, 7) is 1.86. The summed E-state index contributed by atoms with van der Waals surface area (Å²) >= 11 is 3.34. The Morgan fingerprint density at radius 3 is 2.81 bits per heavy atom. The zero-order valence-corrected chi connectivity index (χ0v) is 14.0. The molecule has 0 aliphatic carbocycles. The van der Waals surface area contributed by atoms with Gasteiger partial charge in [-0.05, 0) is 30.0 Å². The van der Waals surface area contributed by atoms with Gasteiger partial charge in [-0.2, -0.15) is 5.10 Å². The molecule has 0 amide bonds. The van der Waals surface area contributed by atoms with Crippen LogP contribution in [-0.4, -0.2) is 44.9 Å². The molecule has 0 atom stereocenters. The number of rotatable bonds is 6. The van der Waals surface area contributed by atoms with Crippen molar-refractivity contribution in [2.75, 3.05) is 26.0 Å². The first kappa shape index (κ1) is 15.7. The summed E-state index contributed by atoms with van der Waals surface area (Å²) in [6.07, 6.45) is 5.27. The molecule has 2 aromatic rings. The van der Waals surface area contributed by atoms with E-state index >= 15 is 0 Å². The van der Waals surface area contributed by atoms with Crippen molar-refractivity contribution in [1.82, 2.24) is 24.2 Å². The molecule has 0 saturated carbocycles. The third-order valence-electron chi connectivity index (χ3n) is 3.10. The molecule has 1 N–H and O–H groups in total. The van der Waals surface area contributed by atoms with Crippen molar-refractivity contribution in [3.63, 3.8) is 0 Å². The highest BCUT2D eigenvalue weighted by atomic mass is 79.9. The summed E-state index contributed by atoms with van der Waals surface area (Å²) in [5, 5.41) is 7.36. The van der Waals surface area contributed by atoms with Gasteiger partial charge in [0.2, 0.25) is 0 Å². The fourth-order valence-corrected chi connectivity index (χ4v) is 2.23. The van der Waals surface area contributed by atoms with E-state index in [1.807, 2.05) is 36.8 Å². The Kier molecular flexibility index (Phi) is 5.13. The Labute approximate surface area is 131 Å². The van der Waals surface area contributed by atoms with E-state index in [1.165, 1.54) is 4.68 Å². The third-order valence-corrected chi connectivity index (χ3v) is 3.87. The first-order chi connectivity index (χ1) is 9.99. The van der Waals surface area contributed by atoms with Crippen molar-refractivity contribution in [2.45, 2.75) is 13.1 Å². The number of aryl methyl sites for hydroxylation is 1. The molecule has 8 heteroatoms. The second-order valence-electron chi connectivity index (χ2n) is 5.01. The maximum atomic E-state index is 12.2. The Morgan fingerprint density at radius 2 is 2.19 bits per heavy atom. The van der Waals surface area contributed by atoms with E-state index in [4.69, 9.17) is 0 Å². The fraction of sp³-hybridized carbons (Fsp3) is 0.462. The number of hydrogen-bond donors (Lipinski definition) is 1.